The summed E-state index contributed by atoms with van der Waals surface area (Å²) in [5, 5.41) is 16.3. The van der Waals surface area contributed by atoms with Gasteiger partial charge < -0.3 is 5.32 Å². The molecule has 0 radical (unpaired) electrons. The van der Waals surface area contributed by atoms with Crippen molar-refractivity contribution in [1.29, 1.82) is 5.26 Å². The Morgan fingerprint density at radius 1 is 1.09 bits per heavy atom. The van der Waals surface area contributed by atoms with Crippen LogP contribution in [0.25, 0.3) is 0 Å². The van der Waals surface area contributed by atoms with Crippen molar-refractivity contribution in [3.05, 3.63) is 64.7 Å². The first-order valence-electron chi connectivity index (χ1n) is 10.7. The number of nitrogens with zero attached hydrogens (tertiary/aromatic N) is 2. The van der Waals surface area contributed by atoms with E-state index >= 15 is 0 Å². The molecule has 0 unspecified atom stereocenters. The Kier molecular flexibility index (Phi) is 10.3. The van der Waals surface area contributed by atoms with Gasteiger partial charge in [-0.25, -0.2) is 5.43 Å². The number of carbonyl (C=O) groups excluding carboxylic acids is 3. The van der Waals surface area contributed by atoms with Crippen LogP contribution in [-0.4, -0.2) is 23.3 Å². The van der Waals surface area contributed by atoms with Crippen molar-refractivity contribution in [2.24, 2.45) is 11.0 Å². The molecule has 0 heterocycles. The number of hydrogen-bond acceptors (Lipinski definition) is 5. The Balaban J connectivity index is 2.09. The van der Waals surface area contributed by atoms with Crippen molar-refractivity contribution in [3.8, 4) is 6.07 Å². The standard InChI is InChI=1S/C25H27ClN4O3/c1-3-20(25(33)18-8-5-4-6-9-18)22(29-30-24(32)14-15-27)10-7-11-23(31)28-21-13-12-19(26)16-17(21)2/h4-6,8-9,12-13,16,20H,3,7,10-11,14H2,1-2H3,(H,28,31)(H,30,32)/b29-22-/t20-/m0/s1. The van der Waals surface area contributed by atoms with E-state index in [1.54, 1.807) is 48.5 Å². The van der Waals surface area contributed by atoms with E-state index in [0.29, 0.717) is 41.2 Å². The fourth-order valence-corrected chi connectivity index (χ4v) is 3.57. The molecule has 0 aliphatic rings. The topological polar surface area (TPSA) is 111 Å². The number of Topliss-reactive ketones (excluding diaryl/α,β-unsaturated/α-hetero) is 1. The summed E-state index contributed by atoms with van der Waals surface area (Å²) in [7, 11) is 0. The highest BCUT2D eigenvalue weighted by Crippen LogP contribution is 2.21. The van der Waals surface area contributed by atoms with Gasteiger partial charge in [0, 0.05) is 28.4 Å². The molecule has 0 spiro atoms. The van der Waals surface area contributed by atoms with Crippen LogP contribution in [0.15, 0.2) is 53.6 Å². The number of rotatable bonds is 11. The third-order valence-electron chi connectivity index (χ3n) is 5.05. The molecule has 2 amide bonds. The van der Waals surface area contributed by atoms with Gasteiger partial charge in [0.15, 0.2) is 5.78 Å². The molecule has 1 atom stereocenters. The summed E-state index contributed by atoms with van der Waals surface area (Å²) in [4.78, 5) is 37.2. The molecule has 2 aromatic carbocycles. The molecule has 0 aliphatic heterocycles. The van der Waals surface area contributed by atoms with Gasteiger partial charge in [0.1, 0.15) is 6.42 Å². The summed E-state index contributed by atoms with van der Waals surface area (Å²) in [6, 6.07) is 15.9. The van der Waals surface area contributed by atoms with Gasteiger partial charge in [-0.3, -0.25) is 14.4 Å². The zero-order valence-electron chi connectivity index (χ0n) is 18.7. The Morgan fingerprint density at radius 2 is 1.82 bits per heavy atom. The average Bonchev–Trinajstić information content (AvgIpc) is 2.80. The highest BCUT2D eigenvalue weighted by molar-refractivity contribution is 6.30. The van der Waals surface area contributed by atoms with Crippen LogP contribution in [0, 0.1) is 24.2 Å². The van der Waals surface area contributed by atoms with Crippen molar-refractivity contribution in [1.82, 2.24) is 5.43 Å². The van der Waals surface area contributed by atoms with Crippen molar-refractivity contribution < 1.29 is 14.4 Å². The number of amides is 2. The van der Waals surface area contributed by atoms with E-state index in [4.69, 9.17) is 16.9 Å². The average molecular weight is 467 g/mol. The second-order valence-corrected chi connectivity index (χ2v) is 7.96. The summed E-state index contributed by atoms with van der Waals surface area (Å²) in [5.41, 5.74) is 4.94. The first kappa shape index (κ1) is 25.8. The zero-order chi connectivity index (χ0) is 24.2. The molecule has 8 heteroatoms. The Bertz CT molecular complexity index is 1060. The lowest BCUT2D eigenvalue weighted by atomic mass is 9.88. The van der Waals surface area contributed by atoms with Crippen LogP contribution >= 0.6 is 11.6 Å². The fourth-order valence-electron chi connectivity index (χ4n) is 3.34. The number of ketones is 1. The van der Waals surface area contributed by atoms with Crippen molar-refractivity contribution >= 4 is 40.6 Å². The van der Waals surface area contributed by atoms with Gasteiger partial charge >= 0.3 is 0 Å². The summed E-state index contributed by atoms with van der Waals surface area (Å²) in [5.74, 6) is -1.37. The SMILES string of the molecule is CC[C@H](C(=O)c1ccccc1)/C(CCCC(=O)Nc1ccc(Cl)cc1C)=N\NC(=O)CC#N. The fraction of sp³-hybridized carbons (Fsp3) is 0.320. The molecule has 2 rings (SSSR count). The first-order chi connectivity index (χ1) is 15.8. The monoisotopic (exact) mass is 466 g/mol. The molecular formula is C25H27ClN4O3. The van der Waals surface area contributed by atoms with E-state index in [2.05, 4.69) is 15.8 Å². The second-order valence-electron chi connectivity index (χ2n) is 7.53. The molecule has 172 valence electrons. The van der Waals surface area contributed by atoms with Crippen molar-refractivity contribution in [2.45, 2.75) is 46.0 Å². The molecule has 33 heavy (non-hydrogen) atoms. The number of carbonyl (C=O) groups is 3. The van der Waals surface area contributed by atoms with E-state index in [1.165, 1.54) is 0 Å². The number of benzene rings is 2. The Hall–Kier alpha value is -3.50. The molecule has 0 aliphatic carbocycles. The molecule has 0 bridgehead atoms. The largest absolute Gasteiger partial charge is 0.326 e. The molecule has 0 aromatic heterocycles. The maximum absolute atomic E-state index is 13.1. The minimum Gasteiger partial charge on any atom is -0.326 e. The number of hydrazone groups is 1. The van der Waals surface area contributed by atoms with Gasteiger partial charge in [-0.05, 0) is 49.9 Å². The van der Waals surface area contributed by atoms with Crippen LogP contribution in [0.3, 0.4) is 0 Å². The lowest BCUT2D eigenvalue weighted by Gasteiger charge is -2.17. The van der Waals surface area contributed by atoms with E-state index in [9.17, 15) is 14.4 Å². The number of hydrogen-bond donors (Lipinski definition) is 2. The van der Waals surface area contributed by atoms with Gasteiger partial charge in [0.05, 0.1) is 12.0 Å². The molecule has 7 nitrogen and oxygen atoms in total. The van der Waals surface area contributed by atoms with Crippen molar-refractivity contribution in [2.75, 3.05) is 5.32 Å². The maximum Gasteiger partial charge on any atom is 0.254 e. The van der Waals surface area contributed by atoms with Gasteiger partial charge in [-0.1, -0.05) is 48.9 Å². The van der Waals surface area contributed by atoms with Crippen LogP contribution in [0.2, 0.25) is 5.02 Å². The van der Waals surface area contributed by atoms with E-state index < -0.39 is 11.8 Å². The van der Waals surface area contributed by atoms with Crippen LogP contribution in [0.5, 0.6) is 0 Å². The quantitative estimate of drug-likeness (QED) is 0.274. The number of aryl methyl sites for hydroxylation is 1. The van der Waals surface area contributed by atoms with Crippen LogP contribution in [0.1, 0.15) is 54.9 Å². The van der Waals surface area contributed by atoms with Crippen LogP contribution < -0.4 is 10.7 Å². The lowest BCUT2D eigenvalue weighted by molar-refractivity contribution is -0.120. The molecule has 0 saturated carbocycles. The van der Waals surface area contributed by atoms with Crippen LogP contribution in [-0.2, 0) is 9.59 Å². The molecule has 0 fully saturated rings. The van der Waals surface area contributed by atoms with E-state index in [-0.39, 0.29) is 24.5 Å². The first-order valence-corrected chi connectivity index (χ1v) is 11.1. The van der Waals surface area contributed by atoms with Crippen LogP contribution in [0.4, 0.5) is 5.69 Å². The summed E-state index contributed by atoms with van der Waals surface area (Å²) in [6.07, 6.45) is 1.14. The smallest absolute Gasteiger partial charge is 0.254 e. The highest BCUT2D eigenvalue weighted by Gasteiger charge is 2.24. The highest BCUT2D eigenvalue weighted by atomic mass is 35.5. The van der Waals surface area contributed by atoms with Gasteiger partial charge in [-0.2, -0.15) is 10.4 Å². The van der Waals surface area contributed by atoms with Gasteiger partial charge in [0.2, 0.25) is 5.91 Å². The normalized spacial score (nSPS) is 11.9. The Morgan fingerprint density at radius 3 is 2.45 bits per heavy atom. The van der Waals surface area contributed by atoms with E-state index in [0.717, 1.165) is 5.56 Å². The summed E-state index contributed by atoms with van der Waals surface area (Å²) >= 11 is 5.96. The molecule has 0 saturated heterocycles. The minimum atomic E-state index is -0.548. The van der Waals surface area contributed by atoms with E-state index in [1.807, 2.05) is 19.9 Å². The number of nitrogens with one attached hydrogen (secondary N) is 2. The number of halogens is 1. The predicted molar refractivity (Wildman–Crippen MR) is 129 cm³/mol. The van der Waals surface area contributed by atoms with Gasteiger partial charge in [-0.15, -0.1) is 0 Å². The predicted octanol–water partition coefficient (Wildman–Crippen LogP) is 5.05. The molecule has 2 aromatic rings. The molecular weight excluding hydrogens is 440 g/mol. The van der Waals surface area contributed by atoms with Crippen molar-refractivity contribution in [3.63, 3.8) is 0 Å². The number of nitriles is 1. The summed E-state index contributed by atoms with van der Waals surface area (Å²) in [6.45, 7) is 3.73. The zero-order valence-corrected chi connectivity index (χ0v) is 19.5. The molecule has 2 N–H and O–H groups in total. The summed E-state index contributed by atoms with van der Waals surface area (Å²) < 4.78 is 0. The second kappa shape index (κ2) is 13.1. The number of anilines is 1. The lowest BCUT2D eigenvalue weighted by Crippen LogP contribution is -2.28. The maximum atomic E-state index is 13.1. The Labute approximate surface area is 198 Å². The minimum absolute atomic E-state index is 0.104. The third kappa shape index (κ3) is 8.17. The third-order valence-corrected chi connectivity index (χ3v) is 5.28. The van der Waals surface area contributed by atoms with Gasteiger partial charge in [0.25, 0.3) is 5.91 Å².